The lowest BCUT2D eigenvalue weighted by Gasteiger charge is -2.13. The van der Waals surface area contributed by atoms with Crippen molar-refractivity contribution in [2.75, 3.05) is 5.73 Å². The van der Waals surface area contributed by atoms with Crippen molar-refractivity contribution in [3.8, 4) is 11.4 Å². The zero-order valence-electron chi connectivity index (χ0n) is 11.3. The highest BCUT2D eigenvalue weighted by Crippen LogP contribution is 2.30. The van der Waals surface area contributed by atoms with Crippen LogP contribution in [0.5, 0.6) is 5.75 Å². The molecule has 0 saturated heterocycles. The van der Waals surface area contributed by atoms with Gasteiger partial charge in [-0.3, -0.25) is 4.57 Å². The molecule has 4 nitrogen and oxygen atoms in total. The van der Waals surface area contributed by atoms with Gasteiger partial charge in [0.15, 0.2) is 0 Å². The Morgan fingerprint density at radius 2 is 1.95 bits per heavy atom. The summed E-state index contributed by atoms with van der Waals surface area (Å²) in [7, 11) is 0. The van der Waals surface area contributed by atoms with E-state index in [2.05, 4.69) is 9.72 Å². The molecule has 0 aliphatic rings. The number of halogens is 2. The van der Waals surface area contributed by atoms with Crippen molar-refractivity contribution in [1.29, 1.82) is 0 Å². The van der Waals surface area contributed by atoms with Crippen LogP contribution in [0.15, 0.2) is 42.5 Å². The predicted molar refractivity (Wildman–Crippen MR) is 76.9 cm³/mol. The fourth-order valence-electron chi connectivity index (χ4n) is 2.30. The molecule has 0 atom stereocenters. The number of imidazole rings is 1. The third-order valence-corrected chi connectivity index (χ3v) is 3.16. The number of hydrogen-bond donors (Lipinski definition) is 1. The maximum Gasteiger partial charge on any atom is 0.387 e. The lowest BCUT2D eigenvalue weighted by Crippen LogP contribution is -2.07. The van der Waals surface area contributed by atoms with E-state index in [0.717, 1.165) is 11.1 Å². The average molecular weight is 289 g/mol. The molecule has 0 aliphatic heterocycles. The molecule has 0 bridgehead atoms. The van der Waals surface area contributed by atoms with E-state index in [-0.39, 0.29) is 11.7 Å². The smallest absolute Gasteiger partial charge is 0.387 e. The molecule has 2 N–H and O–H groups in total. The highest BCUT2D eigenvalue weighted by Gasteiger charge is 2.16. The number of alkyl halides is 2. The van der Waals surface area contributed by atoms with E-state index >= 15 is 0 Å². The van der Waals surface area contributed by atoms with Crippen LogP contribution in [0, 0.1) is 6.92 Å². The van der Waals surface area contributed by atoms with Gasteiger partial charge in [-0.2, -0.15) is 8.78 Å². The first kappa shape index (κ1) is 13.4. The van der Waals surface area contributed by atoms with Gasteiger partial charge in [-0.25, -0.2) is 4.98 Å². The monoisotopic (exact) mass is 289 g/mol. The van der Waals surface area contributed by atoms with Crippen molar-refractivity contribution in [3.05, 3.63) is 48.0 Å². The van der Waals surface area contributed by atoms with Crippen LogP contribution in [-0.4, -0.2) is 16.2 Å². The molecule has 0 amide bonds. The zero-order valence-corrected chi connectivity index (χ0v) is 11.3. The predicted octanol–water partition coefficient (Wildman–Crippen LogP) is 3.52. The second kappa shape index (κ2) is 5.05. The molecule has 3 aromatic rings. The Kier molecular flexibility index (Phi) is 3.21. The quantitative estimate of drug-likeness (QED) is 0.802. The van der Waals surface area contributed by atoms with E-state index in [1.54, 1.807) is 22.8 Å². The Morgan fingerprint density at radius 1 is 1.19 bits per heavy atom. The number of aromatic nitrogens is 2. The summed E-state index contributed by atoms with van der Waals surface area (Å²) in [5.41, 5.74) is 8.87. The molecule has 2 aromatic carbocycles. The molecule has 0 spiro atoms. The van der Waals surface area contributed by atoms with Gasteiger partial charge in [-0.1, -0.05) is 18.2 Å². The van der Waals surface area contributed by atoms with Gasteiger partial charge in [0, 0.05) is 0 Å². The minimum atomic E-state index is -2.90. The van der Waals surface area contributed by atoms with Gasteiger partial charge in [0.1, 0.15) is 5.75 Å². The third kappa shape index (κ3) is 2.40. The zero-order chi connectivity index (χ0) is 15.0. The van der Waals surface area contributed by atoms with Gasteiger partial charge in [0.05, 0.1) is 16.7 Å². The van der Waals surface area contributed by atoms with Crippen molar-refractivity contribution in [2.45, 2.75) is 13.5 Å². The lowest BCUT2D eigenvalue weighted by molar-refractivity contribution is -0.0498. The molecule has 1 aromatic heterocycles. The number of nitrogens with two attached hydrogens (primary N) is 1. The van der Waals surface area contributed by atoms with Crippen LogP contribution in [0.1, 0.15) is 5.56 Å². The molecule has 6 heteroatoms. The molecule has 21 heavy (non-hydrogen) atoms. The van der Waals surface area contributed by atoms with Crippen LogP contribution >= 0.6 is 0 Å². The minimum Gasteiger partial charge on any atom is -0.433 e. The summed E-state index contributed by atoms with van der Waals surface area (Å²) < 4.78 is 31.2. The molecule has 3 rings (SSSR count). The van der Waals surface area contributed by atoms with Crippen molar-refractivity contribution in [1.82, 2.24) is 9.55 Å². The number of ether oxygens (including phenoxy) is 1. The van der Waals surface area contributed by atoms with Gasteiger partial charge in [0.25, 0.3) is 0 Å². The summed E-state index contributed by atoms with van der Waals surface area (Å²) in [6, 6.07) is 12.1. The van der Waals surface area contributed by atoms with Crippen LogP contribution in [0.4, 0.5) is 14.7 Å². The van der Waals surface area contributed by atoms with E-state index in [9.17, 15) is 8.78 Å². The van der Waals surface area contributed by atoms with Crippen molar-refractivity contribution >= 4 is 17.0 Å². The molecular weight excluding hydrogens is 276 g/mol. The van der Waals surface area contributed by atoms with E-state index < -0.39 is 6.61 Å². The number of para-hydroxylation sites is 2. The molecule has 0 radical (unpaired) electrons. The number of nitrogens with zero attached hydrogens (tertiary/aromatic N) is 2. The maximum absolute atomic E-state index is 12.5. The number of rotatable bonds is 3. The second-order valence-corrected chi connectivity index (χ2v) is 4.64. The maximum atomic E-state index is 12.5. The Bertz CT molecular complexity index is 799. The van der Waals surface area contributed by atoms with Crippen molar-refractivity contribution in [3.63, 3.8) is 0 Å². The van der Waals surface area contributed by atoms with E-state index in [0.29, 0.717) is 11.2 Å². The Hall–Kier alpha value is -2.63. The number of benzene rings is 2. The number of hydrogen-bond acceptors (Lipinski definition) is 3. The summed E-state index contributed by atoms with van der Waals surface area (Å²) in [5.74, 6) is 0.278. The standard InChI is InChI=1S/C15H13F2N3O/c1-9-6-7-11-10(8-9)19-15(18)20(11)12-4-2-3-5-13(12)21-14(16)17/h2-8,14H,1H3,(H2,18,19). The molecule has 108 valence electrons. The van der Waals surface area contributed by atoms with Gasteiger partial charge < -0.3 is 10.5 Å². The second-order valence-electron chi connectivity index (χ2n) is 4.64. The van der Waals surface area contributed by atoms with Crippen LogP contribution in [0.2, 0.25) is 0 Å². The highest BCUT2D eigenvalue weighted by molar-refractivity contribution is 5.82. The summed E-state index contributed by atoms with van der Waals surface area (Å²) in [4.78, 5) is 4.27. The summed E-state index contributed by atoms with van der Waals surface area (Å²) in [6.07, 6.45) is 0. The van der Waals surface area contributed by atoms with Crippen LogP contribution < -0.4 is 10.5 Å². The van der Waals surface area contributed by atoms with Gasteiger partial charge in [-0.05, 0) is 36.8 Å². The Morgan fingerprint density at radius 3 is 2.71 bits per heavy atom. The van der Waals surface area contributed by atoms with Crippen LogP contribution in [0.25, 0.3) is 16.7 Å². The largest absolute Gasteiger partial charge is 0.433 e. The van der Waals surface area contributed by atoms with Gasteiger partial charge in [-0.15, -0.1) is 0 Å². The molecule has 0 aliphatic carbocycles. The molecule has 0 unspecified atom stereocenters. The van der Waals surface area contributed by atoms with Crippen LogP contribution in [0.3, 0.4) is 0 Å². The summed E-state index contributed by atoms with van der Waals surface area (Å²) in [6.45, 7) is -0.952. The van der Waals surface area contributed by atoms with Gasteiger partial charge in [0.2, 0.25) is 5.95 Å². The number of aryl methyl sites for hydroxylation is 1. The van der Waals surface area contributed by atoms with Gasteiger partial charge >= 0.3 is 6.61 Å². The topological polar surface area (TPSA) is 53.1 Å². The first-order chi connectivity index (χ1) is 10.1. The number of nitrogen functional groups attached to an aromatic ring is 1. The summed E-state index contributed by atoms with van der Waals surface area (Å²) >= 11 is 0. The van der Waals surface area contributed by atoms with Crippen molar-refractivity contribution in [2.24, 2.45) is 0 Å². The van der Waals surface area contributed by atoms with E-state index in [1.165, 1.54) is 6.07 Å². The first-order valence-electron chi connectivity index (χ1n) is 6.35. The van der Waals surface area contributed by atoms with Crippen molar-refractivity contribution < 1.29 is 13.5 Å². The van der Waals surface area contributed by atoms with Crippen LogP contribution in [-0.2, 0) is 0 Å². The number of fused-ring (bicyclic) bond motifs is 1. The average Bonchev–Trinajstić information content (AvgIpc) is 2.74. The molecular formula is C15H13F2N3O. The first-order valence-corrected chi connectivity index (χ1v) is 6.35. The normalized spacial score (nSPS) is 11.2. The Labute approximate surface area is 119 Å². The minimum absolute atomic E-state index is 0.0547. The van der Waals surface area contributed by atoms with E-state index in [1.807, 2.05) is 25.1 Å². The molecule has 0 saturated carbocycles. The Balaban J connectivity index is 2.23. The van der Waals surface area contributed by atoms with E-state index in [4.69, 9.17) is 5.73 Å². The fourth-order valence-corrected chi connectivity index (χ4v) is 2.30. The summed E-state index contributed by atoms with van der Waals surface area (Å²) in [5, 5.41) is 0. The highest BCUT2D eigenvalue weighted by atomic mass is 19.3. The number of anilines is 1. The third-order valence-electron chi connectivity index (χ3n) is 3.16. The fraction of sp³-hybridized carbons (Fsp3) is 0.133. The lowest BCUT2D eigenvalue weighted by atomic mass is 10.2. The molecule has 1 heterocycles. The molecule has 0 fully saturated rings. The SMILES string of the molecule is Cc1ccc2c(c1)nc(N)n2-c1ccccc1OC(F)F.